The smallest absolute Gasteiger partial charge is 0.248 e. The molecular formula is C21H26N8OS. The molecule has 1 saturated heterocycles. The van der Waals surface area contributed by atoms with Gasteiger partial charge in [-0.2, -0.15) is 10.1 Å². The van der Waals surface area contributed by atoms with E-state index in [2.05, 4.69) is 39.7 Å². The van der Waals surface area contributed by atoms with Crippen LogP contribution in [-0.4, -0.2) is 43.6 Å². The van der Waals surface area contributed by atoms with Crippen LogP contribution in [0, 0.1) is 0 Å². The van der Waals surface area contributed by atoms with Crippen molar-refractivity contribution in [3.63, 3.8) is 0 Å². The number of thiazole rings is 1. The van der Waals surface area contributed by atoms with Gasteiger partial charge < -0.3 is 15.5 Å². The van der Waals surface area contributed by atoms with Gasteiger partial charge >= 0.3 is 0 Å². The van der Waals surface area contributed by atoms with Crippen molar-refractivity contribution in [2.24, 2.45) is 0 Å². The highest BCUT2D eigenvalue weighted by Gasteiger charge is 2.34. The predicted molar refractivity (Wildman–Crippen MR) is 121 cm³/mol. The molecule has 5 rings (SSSR count). The second-order valence-electron chi connectivity index (χ2n) is 8.32. The summed E-state index contributed by atoms with van der Waals surface area (Å²) in [7, 11) is 0. The number of anilines is 4. The first-order chi connectivity index (χ1) is 15.1. The molecule has 1 fully saturated rings. The monoisotopic (exact) mass is 438 g/mol. The number of nitrogens with one attached hydrogen (secondary N) is 3. The number of H-pyrrole nitrogens is 1. The third-order valence-corrected chi connectivity index (χ3v) is 6.55. The topological polar surface area (TPSA) is 112 Å². The summed E-state index contributed by atoms with van der Waals surface area (Å²) >= 11 is 1.42. The molecule has 1 amide bonds. The molecule has 3 N–H and O–H groups in total. The molecule has 3 aromatic heterocycles. The van der Waals surface area contributed by atoms with E-state index in [0.29, 0.717) is 17.0 Å². The number of aromatic amines is 1. The molecule has 0 aromatic carbocycles. The highest BCUT2D eigenvalue weighted by molar-refractivity contribution is 7.13. The molecule has 4 heterocycles. The highest BCUT2D eigenvalue weighted by Crippen LogP contribution is 2.33. The van der Waals surface area contributed by atoms with Crippen LogP contribution in [0.1, 0.15) is 56.0 Å². The van der Waals surface area contributed by atoms with Gasteiger partial charge in [0.15, 0.2) is 10.9 Å². The van der Waals surface area contributed by atoms with Crippen molar-refractivity contribution < 1.29 is 4.79 Å². The Kier molecular flexibility index (Phi) is 5.31. The zero-order chi connectivity index (χ0) is 21.4. The van der Waals surface area contributed by atoms with Crippen LogP contribution in [0.25, 0.3) is 0 Å². The fourth-order valence-corrected chi connectivity index (χ4v) is 4.75. The van der Waals surface area contributed by atoms with Crippen LogP contribution in [0.15, 0.2) is 17.6 Å². The Morgan fingerprint density at radius 3 is 2.97 bits per heavy atom. The maximum atomic E-state index is 12.9. The normalized spacial score (nSPS) is 17.9. The lowest BCUT2D eigenvalue weighted by Gasteiger charge is -2.24. The van der Waals surface area contributed by atoms with E-state index < -0.39 is 0 Å². The quantitative estimate of drug-likeness (QED) is 0.539. The van der Waals surface area contributed by atoms with Gasteiger partial charge in [-0.25, -0.2) is 9.97 Å². The summed E-state index contributed by atoms with van der Waals surface area (Å²) in [6, 6.07) is 1.72. The summed E-state index contributed by atoms with van der Waals surface area (Å²) in [4.78, 5) is 28.8. The van der Waals surface area contributed by atoms with Crippen LogP contribution in [-0.2, 0) is 17.6 Å². The average molecular weight is 439 g/mol. The maximum absolute atomic E-state index is 12.9. The number of aryl methyl sites for hydroxylation is 1. The van der Waals surface area contributed by atoms with E-state index in [-0.39, 0.29) is 11.9 Å². The van der Waals surface area contributed by atoms with E-state index in [0.717, 1.165) is 67.2 Å². The van der Waals surface area contributed by atoms with Gasteiger partial charge in [-0.3, -0.25) is 9.89 Å². The van der Waals surface area contributed by atoms with Crippen LogP contribution in [0.2, 0.25) is 0 Å². The van der Waals surface area contributed by atoms with Crippen molar-refractivity contribution in [2.75, 3.05) is 22.1 Å². The van der Waals surface area contributed by atoms with Crippen LogP contribution in [0.4, 0.5) is 22.7 Å². The number of aromatic nitrogens is 5. The minimum absolute atomic E-state index is 0.0556. The molecular weight excluding hydrogens is 412 g/mol. The first-order valence-electron chi connectivity index (χ1n) is 10.8. The van der Waals surface area contributed by atoms with E-state index in [1.807, 2.05) is 16.3 Å². The molecule has 1 unspecified atom stereocenters. The number of hydrogen-bond acceptors (Lipinski definition) is 8. The molecule has 31 heavy (non-hydrogen) atoms. The fourth-order valence-electron chi connectivity index (χ4n) is 4.22. The zero-order valence-corrected chi connectivity index (χ0v) is 18.5. The Hall–Kier alpha value is -3.01. The van der Waals surface area contributed by atoms with Crippen LogP contribution in [0.3, 0.4) is 0 Å². The zero-order valence-electron chi connectivity index (χ0n) is 17.7. The summed E-state index contributed by atoms with van der Waals surface area (Å²) in [5, 5.41) is 16.3. The van der Waals surface area contributed by atoms with Gasteiger partial charge in [-0.15, -0.1) is 11.3 Å². The second kappa shape index (κ2) is 8.26. The fraction of sp³-hybridized carbons (Fsp3) is 0.476. The Bertz CT molecular complexity index is 1080. The number of hydrogen-bond donors (Lipinski definition) is 3. The van der Waals surface area contributed by atoms with Crippen molar-refractivity contribution in [2.45, 2.75) is 57.9 Å². The van der Waals surface area contributed by atoms with Gasteiger partial charge in [0.1, 0.15) is 11.9 Å². The molecule has 0 radical (unpaired) electrons. The van der Waals surface area contributed by atoms with Crippen LogP contribution < -0.4 is 15.5 Å². The number of carbonyl (C=O) groups excluding carboxylic acids is 1. The van der Waals surface area contributed by atoms with E-state index in [9.17, 15) is 4.79 Å². The minimum Gasteiger partial charge on any atom is -0.329 e. The Morgan fingerprint density at radius 2 is 2.19 bits per heavy atom. The Balaban J connectivity index is 1.42. The van der Waals surface area contributed by atoms with Crippen molar-refractivity contribution in [1.82, 2.24) is 25.1 Å². The van der Waals surface area contributed by atoms with Gasteiger partial charge in [-0.1, -0.05) is 13.8 Å². The first-order valence-corrected chi connectivity index (χ1v) is 11.7. The lowest BCUT2D eigenvalue weighted by molar-refractivity contribution is -0.117. The largest absolute Gasteiger partial charge is 0.329 e. The molecule has 0 spiro atoms. The Labute approximate surface area is 184 Å². The van der Waals surface area contributed by atoms with Crippen LogP contribution in [0.5, 0.6) is 0 Å². The number of nitrogens with zero attached hydrogens (tertiary/aromatic N) is 5. The number of rotatable bonds is 6. The molecule has 9 nitrogen and oxygen atoms in total. The van der Waals surface area contributed by atoms with Crippen molar-refractivity contribution in [3.8, 4) is 0 Å². The third kappa shape index (κ3) is 3.99. The van der Waals surface area contributed by atoms with E-state index in [4.69, 9.17) is 9.97 Å². The molecule has 1 atom stereocenters. The van der Waals surface area contributed by atoms with E-state index >= 15 is 0 Å². The number of amides is 1. The second-order valence-corrected chi connectivity index (χ2v) is 9.21. The van der Waals surface area contributed by atoms with Gasteiger partial charge in [0.2, 0.25) is 11.9 Å². The predicted octanol–water partition coefficient (Wildman–Crippen LogP) is 3.62. The van der Waals surface area contributed by atoms with Gasteiger partial charge in [0, 0.05) is 35.4 Å². The molecule has 1 aliphatic carbocycles. The van der Waals surface area contributed by atoms with Gasteiger partial charge in [0.05, 0.1) is 5.69 Å². The van der Waals surface area contributed by atoms with Gasteiger partial charge in [0.25, 0.3) is 0 Å². The highest BCUT2D eigenvalue weighted by atomic mass is 32.1. The van der Waals surface area contributed by atoms with Crippen molar-refractivity contribution >= 4 is 40.0 Å². The summed E-state index contributed by atoms with van der Waals surface area (Å²) in [5.74, 6) is 2.48. The lowest BCUT2D eigenvalue weighted by atomic mass is 10.1. The number of fused-ring (bicyclic) bond motifs is 1. The molecule has 3 aromatic rings. The molecule has 0 saturated carbocycles. The minimum atomic E-state index is -0.297. The summed E-state index contributed by atoms with van der Waals surface area (Å²) in [6.45, 7) is 5.01. The first kappa shape index (κ1) is 19.9. The van der Waals surface area contributed by atoms with E-state index in [1.165, 1.54) is 11.3 Å². The molecule has 10 heteroatoms. The third-order valence-electron chi connectivity index (χ3n) is 5.86. The van der Waals surface area contributed by atoms with Crippen LogP contribution >= 0.6 is 11.3 Å². The molecule has 1 aliphatic heterocycles. The maximum Gasteiger partial charge on any atom is 0.248 e. The summed E-state index contributed by atoms with van der Waals surface area (Å²) in [5.41, 5.74) is 3.30. The standard InChI is InChI=1S/C21H26N8OS/c1-12(2)15-11-17(28-27-15)24-18-13-5-3-6-14(13)23-20(25-18)29-9-4-7-16(29)19(30)26-21-22-8-10-31-21/h8,10-12,16H,3-7,9H2,1-2H3,(H,22,26,30)(H2,23,24,25,27,28). The van der Waals surface area contributed by atoms with Crippen molar-refractivity contribution in [1.29, 1.82) is 0 Å². The Morgan fingerprint density at radius 1 is 1.29 bits per heavy atom. The molecule has 2 aliphatic rings. The SMILES string of the molecule is CC(C)c1cc(Nc2nc(N3CCCC3C(=O)Nc3nccs3)nc3c2CCC3)n[nH]1. The lowest BCUT2D eigenvalue weighted by Crippen LogP contribution is -2.40. The summed E-state index contributed by atoms with van der Waals surface area (Å²) < 4.78 is 0. The van der Waals surface area contributed by atoms with Gasteiger partial charge in [-0.05, 0) is 38.0 Å². The average Bonchev–Trinajstić information content (AvgIpc) is 3.53. The number of carbonyl (C=O) groups is 1. The molecule has 0 bridgehead atoms. The van der Waals surface area contributed by atoms with E-state index in [1.54, 1.807) is 6.20 Å². The summed E-state index contributed by atoms with van der Waals surface area (Å²) in [6.07, 6.45) is 6.34. The van der Waals surface area contributed by atoms with Crippen molar-refractivity contribution in [3.05, 3.63) is 34.6 Å². The molecule has 162 valence electrons.